The Morgan fingerprint density at radius 1 is 1.23 bits per heavy atom. The molecule has 0 spiro atoms. The first-order valence-corrected chi connectivity index (χ1v) is 11.7. The molecule has 1 aromatic heterocycles. The molecule has 1 unspecified atom stereocenters. The van der Waals surface area contributed by atoms with Crippen LogP contribution in [0.15, 0.2) is 58.0 Å². The Bertz CT molecular complexity index is 1180. The van der Waals surface area contributed by atoms with Crippen LogP contribution in [0.3, 0.4) is 0 Å². The number of rotatable bonds is 6. The Hall–Kier alpha value is -2.84. The molecular formula is C23H26N2O5S. The zero-order valence-corrected chi connectivity index (χ0v) is 18.4. The fourth-order valence-electron chi connectivity index (χ4n) is 3.93. The predicted octanol–water partition coefficient (Wildman–Crippen LogP) is 4.04. The monoisotopic (exact) mass is 442 g/mol. The van der Waals surface area contributed by atoms with Gasteiger partial charge in [-0.15, -0.1) is 0 Å². The highest BCUT2D eigenvalue weighted by Gasteiger charge is 2.28. The summed E-state index contributed by atoms with van der Waals surface area (Å²) in [4.78, 5) is 12.8. The first-order valence-electron chi connectivity index (χ1n) is 10.3. The van der Waals surface area contributed by atoms with Gasteiger partial charge in [0.2, 0.25) is 15.9 Å². The second-order valence-corrected chi connectivity index (χ2v) is 9.92. The van der Waals surface area contributed by atoms with Crippen LogP contribution in [0.2, 0.25) is 0 Å². The molecule has 1 fully saturated rings. The summed E-state index contributed by atoms with van der Waals surface area (Å²) in [5, 5.41) is 3.67. The first kappa shape index (κ1) is 21.4. The zero-order valence-electron chi connectivity index (χ0n) is 17.6. The second kappa shape index (κ2) is 8.72. The molecule has 1 aliphatic heterocycles. The third-order valence-electron chi connectivity index (χ3n) is 5.61. The molecule has 0 saturated carbocycles. The van der Waals surface area contributed by atoms with E-state index in [0.717, 1.165) is 23.8 Å². The van der Waals surface area contributed by atoms with Crippen LogP contribution in [0, 0.1) is 5.92 Å². The Kier molecular flexibility index (Phi) is 6.02. The van der Waals surface area contributed by atoms with E-state index in [1.54, 1.807) is 48.0 Å². The molecule has 1 amide bonds. The first-order chi connectivity index (χ1) is 14.9. The van der Waals surface area contributed by atoms with Crippen molar-refractivity contribution in [3.05, 3.63) is 54.3 Å². The van der Waals surface area contributed by atoms with E-state index in [2.05, 4.69) is 12.2 Å². The largest absolute Gasteiger partial charge is 0.497 e. The van der Waals surface area contributed by atoms with E-state index in [9.17, 15) is 13.2 Å². The maximum absolute atomic E-state index is 12.9. The van der Waals surface area contributed by atoms with Crippen molar-refractivity contribution in [3.8, 4) is 5.75 Å². The average Bonchev–Trinajstić information content (AvgIpc) is 3.15. The van der Waals surface area contributed by atoms with E-state index in [1.807, 2.05) is 12.1 Å². The number of fused-ring (bicyclic) bond motifs is 1. The van der Waals surface area contributed by atoms with Gasteiger partial charge in [-0.25, -0.2) is 8.42 Å². The normalized spacial score (nSPS) is 17.5. The number of benzene rings is 2. The van der Waals surface area contributed by atoms with Crippen molar-refractivity contribution < 1.29 is 22.4 Å². The summed E-state index contributed by atoms with van der Waals surface area (Å²) in [5.74, 6) is 0.841. The SMILES string of the molecule is COc1ccc2c(CC(=O)Nc3ccc(S(=O)(=O)N4CCCC(C)C4)cc3)coc2c1. The molecule has 1 N–H and O–H groups in total. The topological polar surface area (TPSA) is 88.8 Å². The Balaban J connectivity index is 1.42. The van der Waals surface area contributed by atoms with Gasteiger partial charge in [0.25, 0.3) is 0 Å². The third kappa shape index (κ3) is 4.60. The van der Waals surface area contributed by atoms with Gasteiger partial charge in [-0.2, -0.15) is 4.31 Å². The number of anilines is 1. The molecule has 31 heavy (non-hydrogen) atoms. The van der Waals surface area contributed by atoms with Crippen LogP contribution in [0.4, 0.5) is 5.69 Å². The van der Waals surface area contributed by atoms with Crippen molar-refractivity contribution in [1.29, 1.82) is 0 Å². The summed E-state index contributed by atoms with van der Waals surface area (Å²) >= 11 is 0. The summed E-state index contributed by atoms with van der Waals surface area (Å²) in [6.07, 6.45) is 3.64. The lowest BCUT2D eigenvalue weighted by molar-refractivity contribution is -0.115. The van der Waals surface area contributed by atoms with Crippen molar-refractivity contribution in [1.82, 2.24) is 4.31 Å². The number of nitrogens with one attached hydrogen (secondary N) is 1. The van der Waals surface area contributed by atoms with Crippen LogP contribution in [0.5, 0.6) is 5.75 Å². The molecule has 3 aromatic rings. The maximum atomic E-state index is 12.9. The smallest absolute Gasteiger partial charge is 0.243 e. The number of carbonyl (C=O) groups excluding carboxylic acids is 1. The van der Waals surface area contributed by atoms with Gasteiger partial charge < -0.3 is 14.5 Å². The number of ether oxygens (including phenoxy) is 1. The summed E-state index contributed by atoms with van der Waals surface area (Å²) in [6, 6.07) is 11.8. The number of hydrogen-bond acceptors (Lipinski definition) is 5. The predicted molar refractivity (Wildman–Crippen MR) is 119 cm³/mol. The Morgan fingerprint density at radius 3 is 2.71 bits per heavy atom. The van der Waals surface area contributed by atoms with Crippen molar-refractivity contribution in [2.75, 3.05) is 25.5 Å². The standard InChI is InChI=1S/C23H26N2O5S/c1-16-4-3-11-25(14-16)31(27,28)20-8-5-18(6-9-20)24-23(26)12-17-15-30-22-13-19(29-2)7-10-21(17)22/h5-10,13,15-16H,3-4,11-12,14H2,1-2H3,(H,24,26). The molecule has 0 radical (unpaired) electrons. The van der Waals surface area contributed by atoms with Crippen molar-refractivity contribution in [2.45, 2.75) is 31.1 Å². The van der Waals surface area contributed by atoms with Crippen LogP contribution in [-0.2, 0) is 21.2 Å². The van der Waals surface area contributed by atoms with Gasteiger partial charge in [0.05, 0.1) is 24.7 Å². The van der Waals surface area contributed by atoms with Crippen LogP contribution in [0.1, 0.15) is 25.3 Å². The van der Waals surface area contributed by atoms with Crippen LogP contribution in [-0.4, -0.2) is 38.8 Å². The van der Waals surface area contributed by atoms with E-state index >= 15 is 0 Å². The van der Waals surface area contributed by atoms with Gasteiger partial charge in [0, 0.05) is 35.8 Å². The maximum Gasteiger partial charge on any atom is 0.243 e. The van der Waals surface area contributed by atoms with E-state index in [1.165, 1.54) is 0 Å². The highest BCUT2D eigenvalue weighted by atomic mass is 32.2. The average molecular weight is 443 g/mol. The second-order valence-electron chi connectivity index (χ2n) is 7.98. The number of piperidine rings is 1. The molecule has 2 aromatic carbocycles. The van der Waals surface area contributed by atoms with E-state index in [4.69, 9.17) is 9.15 Å². The highest BCUT2D eigenvalue weighted by molar-refractivity contribution is 7.89. The van der Waals surface area contributed by atoms with E-state index in [-0.39, 0.29) is 17.2 Å². The van der Waals surface area contributed by atoms with Crippen LogP contribution in [0.25, 0.3) is 11.0 Å². The minimum atomic E-state index is -3.51. The number of hydrogen-bond donors (Lipinski definition) is 1. The molecule has 1 atom stereocenters. The number of nitrogens with zero attached hydrogens (tertiary/aromatic N) is 1. The quantitative estimate of drug-likeness (QED) is 0.622. The lowest BCUT2D eigenvalue weighted by Gasteiger charge is -2.30. The molecule has 0 bridgehead atoms. The number of methoxy groups -OCH3 is 1. The Labute approximate surface area is 182 Å². The fourth-order valence-corrected chi connectivity index (χ4v) is 5.53. The van der Waals surface area contributed by atoms with Gasteiger partial charge in [0.1, 0.15) is 11.3 Å². The minimum Gasteiger partial charge on any atom is -0.497 e. The van der Waals surface area contributed by atoms with Crippen LogP contribution < -0.4 is 10.1 Å². The lowest BCUT2D eigenvalue weighted by atomic mass is 10.0. The lowest BCUT2D eigenvalue weighted by Crippen LogP contribution is -2.39. The van der Waals surface area contributed by atoms with Crippen molar-refractivity contribution >= 4 is 32.6 Å². The molecule has 1 saturated heterocycles. The molecule has 1 aliphatic rings. The fraction of sp³-hybridized carbons (Fsp3) is 0.348. The van der Waals surface area contributed by atoms with Gasteiger partial charge >= 0.3 is 0 Å². The van der Waals surface area contributed by atoms with Gasteiger partial charge in [-0.05, 0) is 55.2 Å². The molecule has 8 heteroatoms. The van der Waals surface area contributed by atoms with E-state index < -0.39 is 10.0 Å². The number of carbonyl (C=O) groups is 1. The van der Waals surface area contributed by atoms with Crippen LogP contribution >= 0.6 is 0 Å². The van der Waals surface area contributed by atoms with Crippen molar-refractivity contribution in [3.63, 3.8) is 0 Å². The summed E-state index contributed by atoms with van der Waals surface area (Å²) < 4.78 is 38.0. The number of amides is 1. The molecular weight excluding hydrogens is 416 g/mol. The summed E-state index contributed by atoms with van der Waals surface area (Å²) in [6.45, 7) is 3.17. The Morgan fingerprint density at radius 2 is 2.00 bits per heavy atom. The number of sulfonamides is 1. The number of furan rings is 1. The van der Waals surface area contributed by atoms with E-state index in [0.29, 0.717) is 36.0 Å². The van der Waals surface area contributed by atoms with Gasteiger partial charge in [0.15, 0.2) is 0 Å². The molecule has 4 rings (SSSR count). The summed E-state index contributed by atoms with van der Waals surface area (Å²) in [7, 11) is -1.93. The molecule has 2 heterocycles. The minimum absolute atomic E-state index is 0.144. The summed E-state index contributed by atoms with van der Waals surface area (Å²) in [5.41, 5.74) is 1.97. The third-order valence-corrected chi connectivity index (χ3v) is 7.49. The zero-order chi connectivity index (χ0) is 22.0. The molecule has 0 aliphatic carbocycles. The van der Waals surface area contributed by atoms with Gasteiger partial charge in [-0.1, -0.05) is 6.92 Å². The van der Waals surface area contributed by atoms with Gasteiger partial charge in [-0.3, -0.25) is 4.79 Å². The molecule has 164 valence electrons. The molecule has 7 nitrogen and oxygen atoms in total. The van der Waals surface area contributed by atoms with Crippen molar-refractivity contribution in [2.24, 2.45) is 5.92 Å². The highest BCUT2D eigenvalue weighted by Crippen LogP contribution is 2.27.